The lowest BCUT2D eigenvalue weighted by Gasteiger charge is -2.19. The molecule has 0 saturated heterocycles. The molecule has 0 saturated carbocycles. The quantitative estimate of drug-likeness (QED) is 0.165. The molecule has 0 atom stereocenters. The highest BCUT2D eigenvalue weighted by atomic mass is 32.1. The number of methoxy groups -OCH3 is 1. The van der Waals surface area contributed by atoms with Gasteiger partial charge in [-0.25, -0.2) is 9.78 Å². The van der Waals surface area contributed by atoms with Crippen molar-refractivity contribution in [1.29, 1.82) is 0 Å². The van der Waals surface area contributed by atoms with Crippen LogP contribution >= 0.6 is 11.3 Å². The van der Waals surface area contributed by atoms with Crippen LogP contribution in [0.15, 0.2) is 78.2 Å². The third kappa shape index (κ3) is 6.51. The predicted octanol–water partition coefficient (Wildman–Crippen LogP) is 6.46. The molecule has 1 aliphatic heterocycles. The van der Waals surface area contributed by atoms with Crippen LogP contribution in [0.25, 0.3) is 21.6 Å². The van der Waals surface area contributed by atoms with Gasteiger partial charge in [-0.05, 0) is 77.4 Å². The zero-order valence-electron chi connectivity index (χ0n) is 26.3. The summed E-state index contributed by atoms with van der Waals surface area (Å²) in [5.74, 6) is -0.995. The second kappa shape index (κ2) is 13.6. The number of nitrogens with two attached hydrogens (primary N) is 1. The third-order valence-electron chi connectivity index (χ3n) is 8.14. The van der Waals surface area contributed by atoms with Gasteiger partial charge in [0.05, 0.1) is 13.7 Å². The lowest BCUT2D eigenvalue weighted by Crippen LogP contribution is -2.25. The molecule has 0 bridgehead atoms. The Morgan fingerprint density at radius 2 is 1.68 bits per heavy atom. The molecule has 238 valence electrons. The zero-order chi connectivity index (χ0) is 33.1. The molecule has 4 N–H and O–H groups in total. The monoisotopic (exact) mass is 646 g/mol. The Balaban J connectivity index is 1.46. The maximum Gasteiger partial charge on any atom is 0.357 e. The molecule has 3 heterocycles. The summed E-state index contributed by atoms with van der Waals surface area (Å²) < 4.78 is 11.3. The van der Waals surface area contributed by atoms with E-state index in [-0.39, 0.29) is 17.3 Å². The van der Waals surface area contributed by atoms with E-state index < -0.39 is 11.9 Å². The first kappa shape index (κ1) is 31.7. The van der Waals surface area contributed by atoms with Crippen molar-refractivity contribution >= 4 is 34.8 Å². The van der Waals surface area contributed by atoms with Crippen LogP contribution in [-0.2, 0) is 24.2 Å². The van der Waals surface area contributed by atoms with Gasteiger partial charge in [-0.2, -0.15) is 0 Å². The summed E-state index contributed by atoms with van der Waals surface area (Å²) in [6, 6.07) is 22.2. The molecule has 0 spiro atoms. The van der Waals surface area contributed by atoms with E-state index in [1.165, 1.54) is 13.2 Å². The lowest BCUT2D eigenvalue weighted by molar-refractivity contribution is 0.0594. The zero-order valence-corrected chi connectivity index (χ0v) is 27.1. The van der Waals surface area contributed by atoms with Gasteiger partial charge in [-0.15, -0.1) is 11.3 Å². The van der Waals surface area contributed by atoms with Gasteiger partial charge >= 0.3 is 5.97 Å². The van der Waals surface area contributed by atoms with Gasteiger partial charge in [-0.3, -0.25) is 9.59 Å². The van der Waals surface area contributed by atoms with Gasteiger partial charge in [-0.1, -0.05) is 42.5 Å². The van der Waals surface area contributed by atoms with E-state index >= 15 is 0 Å². The lowest BCUT2D eigenvalue weighted by atomic mass is 9.93. The summed E-state index contributed by atoms with van der Waals surface area (Å²) in [6.07, 6.45) is 0.720. The topological polar surface area (TPSA) is 133 Å². The van der Waals surface area contributed by atoms with E-state index in [1.54, 1.807) is 29.5 Å². The molecule has 0 unspecified atom stereocenters. The summed E-state index contributed by atoms with van der Waals surface area (Å²) in [5, 5.41) is 7.98. The smallest absolute Gasteiger partial charge is 0.357 e. The highest BCUT2D eigenvalue weighted by molar-refractivity contribution is 7.13. The summed E-state index contributed by atoms with van der Waals surface area (Å²) in [6.45, 7) is 4.98. The van der Waals surface area contributed by atoms with E-state index in [4.69, 9.17) is 15.2 Å². The van der Waals surface area contributed by atoms with Crippen LogP contribution in [0.1, 0.15) is 59.2 Å². The minimum atomic E-state index is -0.746. The maximum atomic E-state index is 14.3. The summed E-state index contributed by atoms with van der Waals surface area (Å²) >= 11 is 1.58. The minimum absolute atomic E-state index is 0.0385. The van der Waals surface area contributed by atoms with Crippen LogP contribution in [0.4, 0.5) is 5.69 Å². The molecule has 9 nitrogen and oxygen atoms in total. The number of thiophene rings is 1. The number of nitrogens with zero attached hydrogens (tertiary/aromatic N) is 1. The van der Waals surface area contributed by atoms with Crippen LogP contribution in [0.2, 0.25) is 0 Å². The van der Waals surface area contributed by atoms with Crippen molar-refractivity contribution in [2.45, 2.75) is 33.4 Å². The Morgan fingerprint density at radius 3 is 2.40 bits per heavy atom. The van der Waals surface area contributed by atoms with Crippen molar-refractivity contribution in [3.8, 4) is 27.3 Å². The number of benzene rings is 3. The molecule has 47 heavy (non-hydrogen) atoms. The van der Waals surface area contributed by atoms with Crippen LogP contribution in [0.3, 0.4) is 0 Å². The Bertz CT molecular complexity index is 1980. The van der Waals surface area contributed by atoms with Crippen molar-refractivity contribution in [1.82, 2.24) is 10.3 Å². The highest BCUT2D eigenvalue weighted by Gasteiger charge is 2.27. The third-order valence-corrected chi connectivity index (χ3v) is 9.13. The Labute approximate surface area is 276 Å². The second-order valence-corrected chi connectivity index (χ2v) is 12.2. The average molecular weight is 647 g/mol. The fourth-order valence-electron chi connectivity index (χ4n) is 5.80. The van der Waals surface area contributed by atoms with Crippen molar-refractivity contribution in [3.63, 3.8) is 0 Å². The Hall–Kier alpha value is -5.32. The molecule has 6 rings (SSSR count). The second-order valence-electron chi connectivity index (χ2n) is 11.3. The summed E-state index contributed by atoms with van der Waals surface area (Å²) in [7, 11) is 1.25. The number of esters is 1. The number of anilines is 1. The Morgan fingerprint density at radius 1 is 0.915 bits per heavy atom. The van der Waals surface area contributed by atoms with Crippen LogP contribution in [-0.4, -0.2) is 36.5 Å². The number of fused-ring (bicyclic) bond motifs is 3. The van der Waals surface area contributed by atoms with E-state index in [9.17, 15) is 14.4 Å². The van der Waals surface area contributed by atoms with E-state index in [0.29, 0.717) is 47.8 Å². The fourth-order valence-corrected chi connectivity index (χ4v) is 6.78. The number of hydrogen-bond acceptors (Lipinski definition) is 8. The van der Waals surface area contributed by atoms with Crippen LogP contribution in [0.5, 0.6) is 5.75 Å². The van der Waals surface area contributed by atoms with Crippen LogP contribution < -0.4 is 21.1 Å². The maximum absolute atomic E-state index is 14.3. The van der Waals surface area contributed by atoms with Crippen molar-refractivity contribution < 1.29 is 23.9 Å². The van der Waals surface area contributed by atoms with E-state index in [1.807, 2.05) is 61.7 Å². The molecule has 2 aromatic heterocycles. The molecular formula is C37H34N4O5S. The number of aryl methyl sites for hydroxylation is 2. The standard InChI is InChI=1S/C37H34N4O5S/c1-21-15-24(19-38)16-22(2)32(21)41-35(42)28-17-29-31(46-13-11-25-12-14-47-34(25)29)18-27(28)26-9-10-30(40-33(26)37(44)45-3)36(43)39-20-23-7-5-4-6-8-23/h4-10,12,14-18H,11,13,19-20,38H2,1-3H3,(H,39,43)(H,41,42). The largest absolute Gasteiger partial charge is 0.493 e. The van der Waals surface area contributed by atoms with E-state index in [2.05, 4.69) is 21.7 Å². The number of carbonyl (C=O) groups excluding carboxylic acids is 3. The molecule has 0 radical (unpaired) electrons. The SMILES string of the molecule is COC(=O)c1nc(C(=O)NCc2ccccc2)ccc1-c1cc2c(cc1C(=O)Nc1c(C)cc(CN)cc1C)-c1sccc1CCO2. The average Bonchev–Trinajstić information content (AvgIpc) is 3.49. The first-order valence-corrected chi connectivity index (χ1v) is 16.1. The van der Waals surface area contributed by atoms with Gasteiger partial charge in [0.15, 0.2) is 5.69 Å². The van der Waals surface area contributed by atoms with Gasteiger partial charge in [0.1, 0.15) is 11.4 Å². The molecule has 1 aliphatic rings. The highest BCUT2D eigenvalue weighted by Crippen LogP contribution is 2.43. The molecule has 2 amide bonds. The minimum Gasteiger partial charge on any atom is -0.493 e. The summed E-state index contributed by atoms with van der Waals surface area (Å²) in [5.41, 5.74) is 13.1. The van der Waals surface area contributed by atoms with Crippen LogP contribution in [0, 0.1) is 13.8 Å². The van der Waals surface area contributed by atoms with E-state index in [0.717, 1.165) is 44.7 Å². The van der Waals surface area contributed by atoms with Crippen molar-refractivity contribution in [2.24, 2.45) is 5.73 Å². The molecule has 10 heteroatoms. The normalized spacial score (nSPS) is 11.8. The van der Waals surface area contributed by atoms with Gasteiger partial charge in [0.25, 0.3) is 11.8 Å². The number of rotatable bonds is 8. The number of amides is 2. The molecule has 0 aliphatic carbocycles. The molecule has 0 fully saturated rings. The van der Waals surface area contributed by atoms with Crippen molar-refractivity contribution in [3.05, 3.63) is 123 Å². The predicted molar refractivity (Wildman–Crippen MR) is 183 cm³/mol. The first-order valence-electron chi connectivity index (χ1n) is 15.2. The number of carbonyl (C=O) groups is 3. The Kier molecular flexibility index (Phi) is 9.15. The number of hydrogen-bond donors (Lipinski definition) is 3. The first-order chi connectivity index (χ1) is 22.8. The number of aromatic nitrogens is 1. The van der Waals surface area contributed by atoms with Gasteiger partial charge < -0.3 is 25.8 Å². The fraction of sp³-hybridized carbons (Fsp3) is 0.189. The number of ether oxygens (including phenoxy) is 2. The number of nitrogens with one attached hydrogen (secondary N) is 2. The summed E-state index contributed by atoms with van der Waals surface area (Å²) in [4.78, 5) is 46.1. The van der Waals surface area contributed by atoms with Crippen molar-refractivity contribution in [2.75, 3.05) is 19.0 Å². The van der Waals surface area contributed by atoms with Gasteiger partial charge in [0, 0.05) is 52.3 Å². The molecule has 3 aromatic carbocycles. The molecule has 5 aromatic rings. The molecular weight excluding hydrogens is 612 g/mol. The van der Waals surface area contributed by atoms with Gasteiger partial charge in [0.2, 0.25) is 0 Å². The number of pyridine rings is 1.